The summed E-state index contributed by atoms with van der Waals surface area (Å²) in [6.45, 7) is 4.60. The highest BCUT2D eigenvalue weighted by Gasteiger charge is 2.24. The molecule has 0 unspecified atom stereocenters. The highest BCUT2D eigenvalue weighted by Crippen LogP contribution is 2.33. The van der Waals surface area contributed by atoms with Crippen molar-refractivity contribution >= 4 is 34.3 Å². The van der Waals surface area contributed by atoms with Crippen LogP contribution in [0.15, 0.2) is 64.5 Å². The third-order valence-electron chi connectivity index (χ3n) is 6.85. The second-order valence-electron chi connectivity index (χ2n) is 9.45. The highest BCUT2D eigenvalue weighted by molar-refractivity contribution is 8.00. The second kappa shape index (κ2) is 14.7. The maximum Gasteiger partial charge on any atom is 0.262 e. The second-order valence-corrected chi connectivity index (χ2v) is 10.6. The van der Waals surface area contributed by atoms with Crippen molar-refractivity contribution in [3.8, 4) is 28.7 Å². The van der Waals surface area contributed by atoms with E-state index in [4.69, 9.17) is 28.7 Å². The average Bonchev–Trinajstić information content (AvgIpc) is 3.03. The summed E-state index contributed by atoms with van der Waals surface area (Å²) in [5.74, 6) is 2.49. The van der Waals surface area contributed by atoms with Crippen molar-refractivity contribution in [1.82, 2.24) is 9.55 Å². The fourth-order valence-electron chi connectivity index (χ4n) is 4.61. The molecular formula is C32H37N3O7S. The van der Waals surface area contributed by atoms with Crippen LogP contribution >= 0.6 is 11.8 Å². The molecule has 1 heterocycles. The number of ether oxygens (including phenoxy) is 5. The third-order valence-corrected chi connectivity index (χ3v) is 8.21. The SMILES string of the molecule is CCOc1ccccc1NC(=O)[C@@H](CC)Sc1nc2cc(OC)c(OC)cc2c(=O)n1CCc1ccc(OC)c(OC)c1. The predicted molar refractivity (Wildman–Crippen MR) is 169 cm³/mol. The molecular weight excluding hydrogens is 570 g/mol. The number of carbonyl (C=O) groups is 1. The van der Waals surface area contributed by atoms with E-state index in [0.717, 1.165) is 5.56 Å². The summed E-state index contributed by atoms with van der Waals surface area (Å²) in [5, 5.41) is 3.26. The molecule has 0 radical (unpaired) electrons. The lowest BCUT2D eigenvalue weighted by Crippen LogP contribution is -2.29. The predicted octanol–water partition coefficient (Wildman–Crippen LogP) is 5.58. The molecule has 11 heteroatoms. The Balaban J connectivity index is 1.73. The number of hydrogen-bond acceptors (Lipinski definition) is 9. The van der Waals surface area contributed by atoms with Crippen molar-refractivity contribution < 1.29 is 28.5 Å². The van der Waals surface area contributed by atoms with E-state index in [-0.39, 0.29) is 11.5 Å². The number of nitrogens with zero attached hydrogens (tertiary/aromatic N) is 2. The van der Waals surface area contributed by atoms with Gasteiger partial charge in [0.1, 0.15) is 5.75 Å². The maximum absolute atomic E-state index is 14.0. The van der Waals surface area contributed by atoms with Crippen molar-refractivity contribution in [2.45, 2.75) is 43.6 Å². The standard InChI is InChI=1S/C32H37N3O7S/c1-7-29(30(36)33-22-11-9-10-12-24(22)42-8-2)43-32-34-23-19-28(41-6)27(40-5)18-21(23)31(37)35(32)16-15-20-13-14-25(38-3)26(17-20)39-4/h9-14,17-19,29H,7-8,15-16H2,1-6H3,(H,33,36)/t29-/m1/s1. The number of rotatable bonds is 14. The fourth-order valence-corrected chi connectivity index (χ4v) is 5.65. The zero-order valence-electron chi connectivity index (χ0n) is 25.3. The van der Waals surface area contributed by atoms with Crippen molar-refractivity contribution in [3.05, 3.63) is 70.5 Å². The van der Waals surface area contributed by atoms with Gasteiger partial charge in [-0.1, -0.05) is 36.9 Å². The summed E-state index contributed by atoms with van der Waals surface area (Å²) >= 11 is 1.25. The highest BCUT2D eigenvalue weighted by atomic mass is 32.2. The van der Waals surface area contributed by atoms with Gasteiger partial charge >= 0.3 is 0 Å². The Labute approximate surface area is 255 Å². The van der Waals surface area contributed by atoms with E-state index in [0.29, 0.717) is 76.5 Å². The maximum atomic E-state index is 14.0. The summed E-state index contributed by atoms with van der Waals surface area (Å²) in [4.78, 5) is 32.3. The van der Waals surface area contributed by atoms with Gasteiger partial charge in [0, 0.05) is 12.6 Å². The Morgan fingerprint density at radius 1 is 0.884 bits per heavy atom. The smallest absolute Gasteiger partial charge is 0.262 e. The van der Waals surface area contributed by atoms with Gasteiger partial charge < -0.3 is 29.0 Å². The zero-order valence-corrected chi connectivity index (χ0v) is 26.1. The van der Waals surface area contributed by atoms with Gasteiger partial charge in [-0.15, -0.1) is 0 Å². The number of nitrogens with one attached hydrogen (secondary N) is 1. The number of hydrogen-bond donors (Lipinski definition) is 1. The summed E-state index contributed by atoms with van der Waals surface area (Å²) in [5.41, 5.74) is 1.74. The lowest BCUT2D eigenvalue weighted by Gasteiger charge is -2.19. The van der Waals surface area contributed by atoms with Gasteiger partial charge in [-0.2, -0.15) is 0 Å². The van der Waals surface area contributed by atoms with Crippen LogP contribution in [0.3, 0.4) is 0 Å². The lowest BCUT2D eigenvalue weighted by atomic mass is 10.1. The number of benzene rings is 3. The number of anilines is 1. The van der Waals surface area contributed by atoms with Crippen LogP contribution in [0.1, 0.15) is 25.8 Å². The topological polar surface area (TPSA) is 110 Å². The molecule has 0 aliphatic carbocycles. The molecule has 0 bridgehead atoms. The summed E-state index contributed by atoms with van der Waals surface area (Å²) < 4.78 is 29.0. The van der Waals surface area contributed by atoms with Crippen LogP contribution in [0.25, 0.3) is 10.9 Å². The van der Waals surface area contributed by atoms with Crippen molar-refractivity contribution in [2.75, 3.05) is 40.4 Å². The minimum Gasteiger partial charge on any atom is -0.493 e. The van der Waals surface area contributed by atoms with Crippen molar-refractivity contribution in [2.24, 2.45) is 0 Å². The minimum atomic E-state index is -0.536. The van der Waals surface area contributed by atoms with Crippen LogP contribution < -0.4 is 34.6 Å². The lowest BCUT2D eigenvalue weighted by molar-refractivity contribution is -0.115. The van der Waals surface area contributed by atoms with E-state index in [1.165, 1.54) is 26.0 Å². The average molecular weight is 608 g/mol. The van der Waals surface area contributed by atoms with Gasteiger partial charge in [-0.3, -0.25) is 14.2 Å². The molecule has 0 saturated heterocycles. The Morgan fingerprint density at radius 3 is 2.23 bits per heavy atom. The molecule has 1 N–H and O–H groups in total. The van der Waals surface area contributed by atoms with Crippen LogP contribution in [0, 0.1) is 0 Å². The van der Waals surface area contributed by atoms with Crippen molar-refractivity contribution in [1.29, 1.82) is 0 Å². The minimum absolute atomic E-state index is 0.215. The van der Waals surface area contributed by atoms with E-state index >= 15 is 0 Å². The molecule has 0 fully saturated rings. The molecule has 3 aromatic carbocycles. The van der Waals surface area contributed by atoms with E-state index in [1.54, 1.807) is 37.0 Å². The molecule has 1 amide bonds. The van der Waals surface area contributed by atoms with Crippen LogP contribution in [0.5, 0.6) is 28.7 Å². The first-order valence-corrected chi connectivity index (χ1v) is 14.8. The number of aryl methyl sites for hydroxylation is 1. The largest absolute Gasteiger partial charge is 0.493 e. The molecule has 43 heavy (non-hydrogen) atoms. The Kier molecular flexibility index (Phi) is 10.8. The first kappa shape index (κ1) is 31.6. The molecule has 0 aliphatic rings. The third kappa shape index (κ3) is 7.16. The van der Waals surface area contributed by atoms with Crippen molar-refractivity contribution in [3.63, 3.8) is 0 Å². The Bertz CT molecular complexity index is 1640. The summed E-state index contributed by atoms with van der Waals surface area (Å²) in [6, 6.07) is 16.3. The summed E-state index contributed by atoms with van der Waals surface area (Å²) in [6.07, 6.45) is 1.02. The number of para-hydroxylation sites is 2. The van der Waals surface area contributed by atoms with Crippen LogP contribution in [-0.2, 0) is 17.8 Å². The molecule has 4 aromatic rings. The number of methoxy groups -OCH3 is 4. The molecule has 10 nitrogen and oxygen atoms in total. The Morgan fingerprint density at radius 2 is 1.56 bits per heavy atom. The van der Waals surface area contributed by atoms with Gasteiger partial charge in [0.25, 0.3) is 5.56 Å². The molecule has 1 atom stereocenters. The molecule has 228 valence electrons. The normalized spacial score (nSPS) is 11.6. The van der Waals surface area contributed by atoms with E-state index in [1.807, 2.05) is 50.2 Å². The van der Waals surface area contributed by atoms with Gasteiger partial charge in [0.2, 0.25) is 5.91 Å². The molecule has 0 saturated carbocycles. The monoisotopic (exact) mass is 607 g/mol. The zero-order chi connectivity index (χ0) is 30.9. The van der Waals surface area contributed by atoms with Gasteiger partial charge in [-0.05, 0) is 55.7 Å². The van der Waals surface area contributed by atoms with E-state index in [2.05, 4.69) is 5.32 Å². The molecule has 0 aliphatic heterocycles. The first-order chi connectivity index (χ1) is 20.9. The van der Waals surface area contributed by atoms with E-state index < -0.39 is 5.25 Å². The number of thioether (sulfide) groups is 1. The molecule has 1 aromatic heterocycles. The quantitative estimate of drug-likeness (QED) is 0.145. The van der Waals surface area contributed by atoms with Crippen LogP contribution in [0.2, 0.25) is 0 Å². The van der Waals surface area contributed by atoms with Crippen LogP contribution in [-0.4, -0.2) is 55.8 Å². The number of amides is 1. The first-order valence-electron chi connectivity index (χ1n) is 13.9. The molecule has 4 rings (SSSR count). The Hall–Kier alpha value is -4.38. The number of carbonyl (C=O) groups excluding carboxylic acids is 1. The van der Waals surface area contributed by atoms with E-state index in [9.17, 15) is 9.59 Å². The number of aromatic nitrogens is 2. The van der Waals surface area contributed by atoms with Crippen LogP contribution in [0.4, 0.5) is 5.69 Å². The summed E-state index contributed by atoms with van der Waals surface area (Å²) in [7, 11) is 6.21. The van der Waals surface area contributed by atoms with Gasteiger partial charge in [0.05, 0.1) is 56.9 Å². The number of fused-ring (bicyclic) bond motifs is 1. The fraction of sp³-hybridized carbons (Fsp3) is 0.344. The van der Waals surface area contributed by atoms with Gasteiger partial charge in [0.15, 0.2) is 28.2 Å². The molecule has 0 spiro atoms. The van der Waals surface area contributed by atoms with Gasteiger partial charge in [-0.25, -0.2) is 4.98 Å².